The van der Waals surface area contributed by atoms with Crippen LogP contribution in [0.5, 0.6) is 0 Å². The molecule has 0 bridgehead atoms. The standard InChI is InChI=1S/C22H26N4O3S/c1-16-19(10-13-28-16)21-24-25-22(26(21)14-18-8-5-12-29-18)30-15-20(27)23-11-9-17-6-3-2-4-7-17/h2-4,6-7,10,13,18H,5,8-9,11-12,14-15H2,1H3,(H,23,27)/t18-/m0/s1. The van der Waals surface area contributed by atoms with Crippen molar-refractivity contribution < 1.29 is 13.9 Å². The highest BCUT2D eigenvalue weighted by Gasteiger charge is 2.23. The fraction of sp³-hybridized carbons (Fsp3) is 0.409. The molecule has 1 aromatic carbocycles. The zero-order valence-electron chi connectivity index (χ0n) is 17.0. The number of hydrogen-bond acceptors (Lipinski definition) is 6. The van der Waals surface area contributed by atoms with E-state index in [1.807, 2.05) is 31.2 Å². The Hall–Kier alpha value is -2.58. The molecule has 0 spiro atoms. The van der Waals surface area contributed by atoms with Gasteiger partial charge in [-0.25, -0.2) is 0 Å². The number of benzene rings is 1. The topological polar surface area (TPSA) is 82.2 Å². The zero-order chi connectivity index (χ0) is 20.8. The third kappa shape index (κ3) is 5.12. The number of thioether (sulfide) groups is 1. The van der Waals surface area contributed by atoms with Gasteiger partial charge in [-0.3, -0.25) is 9.36 Å². The molecule has 1 aliphatic heterocycles. The molecule has 30 heavy (non-hydrogen) atoms. The van der Waals surface area contributed by atoms with Crippen molar-refractivity contribution in [2.75, 3.05) is 18.9 Å². The van der Waals surface area contributed by atoms with Crippen LogP contribution in [-0.2, 0) is 22.5 Å². The second kappa shape index (κ2) is 9.95. The summed E-state index contributed by atoms with van der Waals surface area (Å²) in [6, 6.07) is 12.0. The number of ether oxygens (including phenoxy) is 1. The van der Waals surface area contributed by atoms with Gasteiger partial charge in [-0.2, -0.15) is 0 Å². The summed E-state index contributed by atoms with van der Waals surface area (Å²) in [5.41, 5.74) is 2.13. The Labute approximate surface area is 180 Å². The van der Waals surface area contributed by atoms with Gasteiger partial charge in [0.2, 0.25) is 5.91 Å². The lowest BCUT2D eigenvalue weighted by Crippen LogP contribution is -2.27. The number of carbonyl (C=O) groups is 1. The lowest BCUT2D eigenvalue weighted by atomic mass is 10.1. The second-order valence-corrected chi connectivity index (χ2v) is 8.26. The van der Waals surface area contributed by atoms with Gasteiger partial charge in [-0.05, 0) is 37.8 Å². The van der Waals surface area contributed by atoms with E-state index in [1.165, 1.54) is 17.3 Å². The molecule has 2 aromatic heterocycles. The first-order valence-corrected chi connectivity index (χ1v) is 11.2. The third-order valence-electron chi connectivity index (χ3n) is 5.14. The first-order valence-electron chi connectivity index (χ1n) is 10.2. The molecule has 1 atom stereocenters. The Kier molecular flexibility index (Phi) is 6.86. The number of aromatic nitrogens is 3. The van der Waals surface area contributed by atoms with E-state index < -0.39 is 0 Å². The molecular formula is C22H26N4O3S. The number of amides is 1. The Morgan fingerprint density at radius 3 is 2.87 bits per heavy atom. The Bertz CT molecular complexity index is 964. The number of nitrogens with one attached hydrogen (secondary N) is 1. The number of nitrogens with zero attached hydrogens (tertiary/aromatic N) is 3. The third-order valence-corrected chi connectivity index (χ3v) is 6.10. The summed E-state index contributed by atoms with van der Waals surface area (Å²) in [5.74, 6) is 1.83. The fourth-order valence-corrected chi connectivity index (χ4v) is 4.32. The van der Waals surface area contributed by atoms with E-state index in [-0.39, 0.29) is 12.0 Å². The summed E-state index contributed by atoms with van der Waals surface area (Å²) >= 11 is 1.40. The van der Waals surface area contributed by atoms with Crippen molar-refractivity contribution in [2.24, 2.45) is 0 Å². The highest BCUT2D eigenvalue weighted by molar-refractivity contribution is 7.99. The first-order chi connectivity index (χ1) is 14.7. The molecule has 0 unspecified atom stereocenters. The van der Waals surface area contributed by atoms with E-state index >= 15 is 0 Å². The molecule has 1 saturated heterocycles. The smallest absolute Gasteiger partial charge is 0.230 e. The minimum Gasteiger partial charge on any atom is -0.469 e. The van der Waals surface area contributed by atoms with Crippen molar-refractivity contribution in [1.82, 2.24) is 20.1 Å². The highest BCUT2D eigenvalue weighted by Crippen LogP contribution is 2.28. The summed E-state index contributed by atoms with van der Waals surface area (Å²) in [4.78, 5) is 12.3. The zero-order valence-corrected chi connectivity index (χ0v) is 17.9. The van der Waals surface area contributed by atoms with Crippen LogP contribution in [0.1, 0.15) is 24.2 Å². The van der Waals surface area contributed by atoms with Crippen LogP contribution >= 0.6 is 11.8 Å². The van der Waals surface area contributed by atoms with Gasteiger partial charge in [-0.1, -0.05) is 42.1 Å². The van der Waals surface area contributed by atoms with Gasteiger partial charge in [0.1, 0.15) is 5.76 Å². The van der Waals surface area contributed by atoms with Crippen LogP contribution in [0.15, 0.2) is 52.2 Å². The van der Waals surface area contributed by atoms with Crippen LogP contribution in [0.4, 0.5) is 0 Å². The first kappa shape index (κ1) is 20.7. The molecule has 158 valence electrons. The lowest BCUT2D eigenvalue weighted by Gasteiger charge is -2.14. The SMILES string of the molecule is Cc1occc1-c1nnc(SCC(=O)NCCc2ccccc2)n1C[C@@H]1CCCO1. The molecule has 1 amide bonds. The van der Waals surface area contributed by atoms with Crippen molar-refractivity contribution in [1.29, 1.82) is 0 Å². The fourth-order valence-electron chi connectivity index (χ4n) is 3.54. The summed E-state index contributed by atoms with van der Waals surface area (Å²) in [6.45, 7) is 3.99. The van der Waals surface area contributed by atoms with Crippen molar-refractivity contribution in [2.45, 2.75) is 44.0 Å². The molecule has 4 rings (SSSR count). The van der Waals surface area contributed by atoms with E-state index in [9.17, 15) is 4.79 Å². The van der Waals surface area contributed by atoms with Crippen LogP contribution in [0, 0.1) is 6.92 Å². The van der Waals surface area contributed by atoms with E-state index in [0.717, 1.165) is 48.2 Å². The normalized spacial score (nSPS) is 16.1. The Morgan fingerprint density at radius 1 is 1.27 bits per heavy atom. The summed E-state index contributed by atoms with van der Waals surface area (Å²) < 4.78 is 13.3. The molecule has 7 nitrogen and oxygen atoms in total. The highest BCUT2D eigenvalue weighted by atomic mass is 32.2. The number of furan rings is 1. The van der Waals surface area contributed by atoms with Crippen molar-refractivity contribution >= 4 is 17.7 Å². The maximum Gasteiger partial charge on any atom is 0.230 e. The second-order valence-electron chi connectivity index (χ2n) is 7.32. The van der Waals surface area contributed by atoms with Gasteiger partial charge in [0.05, 0.1) is 30.2 Å². The molecular weight excluding hydrogens is 400 g/mol. The van der Waals surface area contributed by atoms with Crippen LogP contribution < -0.4 is 5.32 Å². The monoisotopic (exact) mass is 426 g/mol. The van der Waals surface area contributed by atoms with Crippen molar-refractivity contribution in [3.05, 3.63) is 54.0 Å². The van der Waals surface area contributed by atoms with Crippen LogP contribution in [0.3, 0.4) is 0 Å². The number of hydrogen-bond donors (Lipinski definition) is 1. The minimum absolute atomic E-state index is 0.0105. The molecule has 1 N–H and O–H groups in total. The Morgan fingerprint density at radius 2 is 2.13 bits per heavy atom. The summed E-state index contributed by atoms with van der Waals surface area (Å²) in [5, 5.41) is 12.4. The molecule has 8 heteroatoms. The summed E-state index contributed by atoms with van der Waals surface area (Å²) in [6.07, 6.45) is 4.70. The van der Waals surface area contributed by atoms with Gasteiger partial charge in [-0.15, -0.1) is 10.2 Å². The molecule has 1 fully saturated rings. The van der Waals surface area contributed by atoms with Gasteiger partial charge in [0.15, 0.2) is 11.0 Å². The number of rotatable bonds is 9. The van der Waals surface area contributed by atoms with Crippen molar-refractivity contribution in [3.8, 4) is 11.4 Å². The van der Waals surface area contributed by atoms with Crippen LogP contribution in [0.25, 0.3) is 11.4 Å². The maximum atomic E-state index is 12.3. The maximum absolute atomic E-state index is 12.3. The van der Waals surface area contributed by atoms with Gasteiger partial charge < -0.3 is 14.5 Å². The largest absolute Gasteiger partial charge is 0.469 e. The summed E-state index contributed by atoms with van der Waals surface area (Å²) in [7, 11) is 0. The minimum atomic E-state index is -0.0105. The number of carbonyl (C=O) groups excluding carboxylic acids is 1. The molecule has 0 aliphatic carbocycles. The van der Waals surface area contributed by atoms with E-state index in [2.05, 4.69) is 32.2 Å². The van der Waals surface area contributed by atoms with Crippen LogP contribution in [0.2, 0.25) is 0 Å². The van der Waals surface area contributed by atoms with E-state index in [0.29, 0.717) is 18.8 Å². The predicted octanol–water partition coefficient (Wildman–Crippen LogP) is 3.48. The average Bonchev–Trinajstić information content (AvgIpc) is 3.50. The number of aryl methyl sites for hydroxylation is 1. The molecule has 3 aromatic rings. The predicted molar refractivity (Wildman–Crippen MR) is 115 cm³/mol. The van der Waals surface area contributed by atoms with E-state index in [4.69, 9.17) is 9.15 Å². The van der Waals surface area contributed by atoms with E-state index in [1.54, 1.807) is 6.26 Å². The average molecular weight is 427 g/mol. The Balaban J connectivity index is 1.38. The molecule has 0 saturated carbocycles. The molecule has 3 heterocycles. The quantitative estimate of drug-likeness (QED) is 0.528. The molecule has 1 aliphatic rings. The van der Waals surface area contributed by atoms with Gasteiger partial charge >= 0.3 is 0 Å². The van der Waals surface area contributed by atoms with Gasteiger partial charge in [0, 0.05) is 13.2 Å². The van der Waals surface area contributed by atoms with Crippen LogP contribution in [-0.4, -0.2) is 45.7 Å². The molecule has 0 radical (unpaired) electrons. The van der Waals surface area contributed by atoms with Gasteiger partial charge in [0.25, 0.3) is 0 Å². The lowest BCUT2D eigenvalue weighted by molar-refractivity contribution is -0.118. The van der Waals surface area contributed by atoms with Crippen molar-refractivity contribution in [3.63, 3.8) is 0 Å².